The van der Waals surface area contributed by atoms with Crippen LogP contribution in [0.25, 0.3) is 0 Å². The van der Waals surface area contributed by atoms with E-state index in [2.05, 4.69) is 26.1 Å². The van der Waals surface area contributed by atoms with Crippen molar-refractivity contribution in [3.05, 3.63) is 59.2 Å². The Morgan fingerprint density at radius 2 is 1.64 bits per heavy atom. The van der Waals surface area contributed by atoms with E-state index in [0.29, 0.717) is 13.1 Å². The molecule has 3 rings (SSSR count). The Kier molecular flexibility index (Phi) is 4.56. The first-order chi connectivity index (χ1) is 11.7. The van der Waals surface area contributed by atoms with Crippen molar-refractivity contribution in [2.24, 2.45) is 0 Å². The molecule has 0 aromatic heterocycles. The molecule has 0 aliphatic carbocycles. The Balaban J connectivity index is 1.68. The summed E-state index contributed by atoms with van der Waals surface area (Å²) in [5.41, 5.74) is 3.89. The van der Waals surface area contributed by atoms with Crippen LogP contribution in [0.4, 0.5) is 10.5 Å². The van der Waals surface area contributed by atoms with Gasteiger partial charge in [-0.2, -0.15) is 0 Å². The minimum atomic E-state index is -2.60. The predicted octanol–water partition coefficient (Wildman–Crippen LogP) is 3.50. The second kappa shape index (κ2) is 6.52. The van der Waals surface area contributed by atoms with Crippen LogP contribution in [0, 0.1) is 0 Å². The monoisotopic (exact) mass is 358 g/mol. The van der Waals surface area contributed by atoms with E-state index in [4.69, 9.17) is 0 Å². The first kappa shape index (κ1) is 17.5. The molecule has 0 atom stereocenters. The molecule has 2 aromatic rings. The quantitative estimate of drug-likeness (QED) is 0.808. The molecule has 0 spiro atoms. The van der Waals surface area contributed by atoms with Gasteiger partial charge in [0.2, 0.25) is 0 Å². The summed E-state index contributed by atoms with van der Waals surface area (Å²) in [4.78, 5) is 14.4. The molecule has 1 aliphatic heterocycles. The molecule has 1 aliphatic rings. The molecule has 132 valence electrons. The third-order valence-corrected chi connectivity index (χ3v) is 5.11. The zero-order valence-corrected chi connectivity index (χ0v) is 15.5. The van der Waals surface area contributed by atoms with Crippen molar-refractivity contribution in [2.75, 3.05) is 5.32 Å². The number of carbonyl (C=O) groups is 1. The van der Waals surface area contributed by atoms with Crippen molar-refractivity contribution in [2.45, 2.75) is 44.2 Å². The molecule has 0 fully saturated rings. The molecule has 1 heterocycles. The van der Waals surface area contributed by atoms with Gasteiger partial charge in [-0.05, 0) is 46.4 Å². The van der Waals surface area contributed by atoms with E-state index in [1.807, 2.05) is 24.3 Å². The van der Waals surface area contributed by atoms with E-state index in [-0.39, 0.29) is 16.3 Å². The summed E-state index contributed by atoms with van der Waals surface area (Å²) in [5.74, 6) is 0. The van der Waals surface area contributed by atoms with Crippen molar-refractivity contribution in [1.82, 2.24) is 4.90 Å². The van der Waals surface area contributed by atoms with Crippen LogP contribution in [0.2, 0.25) is 0 Å². The smallest absolute Gasteiger partial charge is 0.316 e. The number of anilines is 1. The number of benzene rings is 2. The maximum Gasteiger partial charge on any atom is 0.322 e. The van der Waals surface area contributed by atoms with E-state index in [1.54, 1.807) is 23.1 Å². The van der Waals surface area contributed by atoms with Gasteiger partial charge >= 0.3 is 6.03 Å². The molecule has 2 aromatic carbocycles. The highest BCUT2D eigenvalue weighted by molar-refractivity contribution is 7.72. The lowest BCUT2D eigenvalue weighted by atomic mass is 9.87. The van der Waals surface area contributed by atoms with Gasteiger partial charge in [0.25, 0.3) is 0 Å². The standard InChI is InChI=1S/C19H22N2O3S/c1-19(2,3)15-5-7-16(8-6-15)20-18(22)21-11-13-4-9-17(25(23)24)10-14(13)12-21/h4-10,25H,11-12H2,1-3H3,(H,20,22). The van der Waals surface area contributed by atoms with Crippen LogP contribution in [0.15, 0.2) is 47.4 Å². The Bertz CT molecular complexity index is 873. The fourth-order valence-electron chi connectivity index (χ4n) is 2.89. The highest BCUT2D eigenvalue weighted by Gasteiger charge is 2.24. The lowest BCUT2D eigenvalue weighted by Crippen LogP contribution is -2.30. The van der Waals surface area contributed by atoms with Gasteiger partial charge in [-0.1, -0.05) is 39.0 Å². The molecule has 2 amide bonds. The number of urea groups is 1. The first-order valence-electron chi connectivity index (χ1n) is 8.17. The molecular formula is C19H22N2O3S. The Morgan fingerprint density at radius 3 is 2.24 bits per heavy atom. The van der Waals surface area contributed by atoms with Crippen molar-refractivity contribution >= 4 is 22.4 Å². The molecule has 0 saturated carbocycles. The number of fused-ring (bicyclic) bond motifs is 1. The minimum Gasteiger partial charge on any atom is -0.316 e. The Morgan fingerprint density at radius 1 is 1.00 bits per heavy atom. The van der Waals surface area contributed by atoms with E-state index in [0.717, 1.165) is 16.8 Å². The van der Waals surface area contributed by atoms with Crippen LogP contribution in [-0.2, 0) is 29.2 Å². The number of thiol groups is 1. The van der Waals surface area contributed by atoms with E-state index >= 15 is 0 Å². The molecule has 25 heavy (non-hydrogen) atoms. The minimum absolute atomic E-state index is 0.0688. The zero-order valence-electron chi connectivity index (χ0n) is 14.6. The summed E-state index contributed by atoms with van der Waals surface area (Å²) in [7, 11) is -2.60. The van der Waals surface area contributed by atoms with Gasteiger partial charge in [0.15, 0.2) is 10.7 Å². The number of rotatable bonds is 2. The maximum atomic E-state index is 12.5. The molecular weight excluding hydrogens is 336 g/mol. The topological polar surface area (TPSA) is 66.5 Å². The van der Waals surface area contributed by atoms with E-state index in [1.165, 1.54) is 5.56 Å². The van der Waals surface area contributed by atoms with Crippen LogP contribution in [0.3, 0.4) is 0 Å². The van der Waals surface area contributed by atoms with Crippen LogP contribution in [0.1, 0.15) is 37.5 Å². The van der Waals surface area contributed by atoms with Gasteiger partial charge in [0.05, 0.1) is 4.90 Å². The third kappa shape index (κ3) is 3.85. The van der Waals surface area contributed by atoms with E-state index < -0.39 is 10.7 Å². The lowest BCUT2D eigenvalue weighted by molar-refractivity contribution is 0.212. The fraction of sp³-hybridized carbons (Fsp3) is 0.316. The van der Waals surface area contributed by atoms with Crippen molar-refractivity contribution in [3.63, 3.8) is 0 Å². The second-order valence-corrected chi connectivity index (χ2v) is 8.35. The summed E-state index contributed by atoms with van der Waals surface area (Å²) >= 11 is 0. The Hall–Kier alpha value is -2.34. The second-order valence-electron chi connectivity index (χ2n) is 7.32. The van der Waals surface area contributed by atoms with Gasteiger partial charge < -0.3 is 10.2 Å². The molecule has 5 nitrogen and oxygen atoms in total. The van der Waals surface area contributed by atoms with Crippen molar-refractivity contribution < 1.29 is 13.2 Å². The van der Waals surface area contributed by atoms with Gasteiger partial charge in [-0.3, -0.25) is 0 Å². The summed E-state index contributed by atoms with van der Waals surface area (Å²) in [5, 5.41) is 2.90. The average Bonchev–Trinajstić information content (AvgIpc) is 2.97. The maximum absolute atomic E-state index is 12.5. The average molecular weight is 358 g/mol. The molecule has 0 saturated heterocycles. The predicted molar refractivity (Wildman–Crippen MR) is 98.4 cm³/mol. The number of carbonyl (C=O) groups excluding carboxylic acids is 1. The van der Waals surface area contributed by atoms with Crippen LogP contribution < -0.4 is 5.32 Å². The third-order valence-electron chi connectivity index (χ3n) is 4.41. The number of amides is 2. The number of hydrogen-bond acceptors (Lipinski definition) is 3. The molecule has 0 radical (unpaired) electrons. The molecule has 0 unspecified atom stereocenters. The molecule has 1 N–H and O–H groups in total. The highest BCUT2D eigenvalue weighted by atomic mass is 32.2. The molecule has 6 heteroatoms. The normalized spacial score (nSPS) is 13.8. The largest absolute Gasteiger partial charge is 0.322 e. The van der Waals surface area contributed by atoms with Gasteiger partial charge in [-0.15, -0.1) is 0 Å². The van der Waals surface area contributed by atoms with Gasteiger partial charge in [-0.25, -0.2) is 13.2 Å². The van der Waals surface area contributed by atoms with Gasteiger partial charge in [0, 0.05) is 18.8 Å². The van der Waals surface area contributed by atoms with Crippen LogP contribution in [0.5, 0.6) is 0 Å². The lowest BCUT2D eigenvalue weighted by Gasteiger charge is -2.20. The van der Waals surface area contributed by atoms with E-state index in [9.17, 15) is 13.2 Å². The SMILES string of the molecule is CC(C)(C)c1ccc(NC(=O)N2Cc3ccc([SH](=O)=O)cc3C2)cc1. The van der Waals surface area contributed by atoms with Crippen LogP contribution in [-0.4, -0.2) is 19.3 Å². The summed E-state index contributed by atoms with van der Waals surface area (Å²) < 4.78 is 22.2. The summed E-state index contributed by atoms with van der Waals surface area (Å²) in [6.45, 7) is 7.33. The zero-order chi connectivity index (χ0) is 18.2. The van der Waals surface area contributed by atoms with Crippen molar-refractivity contribution in [3.8, 4) is 0 Å². The molecule has 0 bridgehead atoms. The summed E-state index contributed by atoms with van der Waals surface area (Å²) in [6, 6.07) is 12.7. The fourth-order valence-corrected chi connectivity index (χ4v) is 3.35. The number of nitrogens with one attached hydrogen (secondary N) is 1. The van der Waals surface area contributed by atoms with Gasteiger partial charge in [0.1, 0.15) is 0 Å². The van der Waals surface area contributed by atoms with Crippen molar-refractivity contribution in [1.29, 1.82) is 0 Å². The highest BCUT2D eigenvalue weighted by Crippen LogP contribution is 2.26. The van der Waals surface area contributed by atoms with Crippen LogP contribution >= 0.6 is 0 Å². The summed E-state index contributed by atoms with van der Waals surface area (Å²) in [6.07, 6.45) is 0. The number of hydrogen-bond donors (Lipinski definition) is 2. The Labute approximate surface area is 149 Å². The number of nitrogens with zero attached hydrogens (tertiary/aromatic N) is 1. The first-order valence-corrected chi connectivity index (χ1v) is 9.34.